The lowest BCUT2D eigenvalue weighted by Crippen LogP contribution is -2.14. The summed E-state index contributed by atoms with van der Waals surface area (Å²) >= 11 is 6.04. The number of rotatable bonds is 2. The minimum atomic E-state index is -0.272. The van der Waals surface area contributed by atoms with Gasteiger partial charge >= 0.3 is 0 Å². The number of amides is 1. The number of hydrogen-bond donors (Lipinski definition) is 2. The first-order valence-electron chi connectivity index (χ1n) is 6.62. The van der Waals surface area contributed by atoms with Gasteiger partial charge in [0.05, 0.1) is 10.6 Å². The van der Waals surface area contributed by atoms with E-state index in [1.807, 2.05) is 12.1 Å². The number of aryl methyl sites for hydroxylation is 2. The van der Waals surface area contributed by atoms with Gasteiger partial charge in [0.25, 0.3) is 5.91 Å². The van der Waals surface area contributed by atoms with E-state index in [1.165, 1.54) is 17.5 Å². The van der Waals surface area contributed by atoms with Crippen molar-refractivity contribution >= 4 is 28.9 Å². The second kappa shape index (κ2) is 5.17. The molecule has 0 unspecified atom stereocenters. The molecule has 3 nitrogen and oxygen atoms in total. The highest BCUT2D eigenvalue weighted by atomic mass is 35.5. The second-order valence-corrected chi connectivity index (χ2v) is 5.40. The Morgan fingerprint density at radius 3 is 2.75 bits per heavy atom. The maximum Gasteiger partial charge on any atom is 0.259 e. The first-order chi connectivity index (χ1) is 9.65. The van der Waals surface area contributed by atoms with E-state index in [9.17, 15) is 4.79 Å². The van der Waals surface area contributed by atoms with Crippen LogP contribution in [0.5, 0.6) is 0 Å². The first-order valence-corrected chi connectivity index (χ1v) is 7.00. The van der Waals surface area contributed by atoms with Crippen LogP contribution in [0.15, 0.2) is 36.4 Å². The third kappa shape index (κ3) is 2.37. The third-order valence-electron chi connectivity index (χ3n) is 3.63. The van der Waals surface area contributed by atoms with Crippen molar-refractivity contribution in [3.05, 3.63) is 58.1 Å². The van der Waals surface area contributed by atoms with Crippen LogP contribution < -0.4 is 11.1 Å². The molecule has 0 spiro atoms. The highest BCUT2D eigenvalue weighted by Crippen LogP contribution is 2.27. The molecule has 20 heavy (non-hydrogen) atoms. The molecule has 1 aliphatic rings. The van der Waals surface area contributed by atoms with Gasteiger partial charge in [0, 0.05) is 11.4 Å². The Morgan fingerprint density at radius 1 is 1.15 bits per heavy atom. The van der Waals surface area contributed by atoms with E-state index in [-0.39, 0.29) is 5.91 Å². The highest BCUT2D eigenvalue weighted by Gasteiger charge is 2.16. The van der Waals surface area contributed by atoms with E-state index in [1.54, 1.807) is 18.2 Å². The van der Waals surface area contributed by atoms with Gasteiger partial charge in [-0.1, -0.05) is 23.7 Å². The predicted octanol–water partition coefficient (Wildman–Crippen LogP) is 3.66. The lowest BCUT2D eigenvalue weighted by atomic mass is 10.1. The van der Waals surface area contributed by atoms with Crippen LogP contribution in [0.2, 0.25) is 5.02 Å². The maximum absolute atomic E-state index is 12.3. The van der Waals surface area contributed by atoms with Gasteiger partial charge in [-0.2, -0.15) is 0 Å². The maximum atomic E-state index is 12.3. The smallest absolute Gasteiger partial charge is 0.259 e. The van der Waals surface area contributed by atoms with Crippen molar-refractivity contribution in [2.24, 2.45) is 0 Å². The molecule has 1 amide bonds. The average molecular weight is 287 g/mol. The molecule has 3 rings (SSSR count). The normalized spacial score (nSPS) is 13.1. The fourth-order valence-electron chi connectivity index (χ4n) is 2.62. The first kappa shape index (κ1) is 13.0. The largest absolute Gasteiger partial charge is 0.398 e. The Balaban J connectivity index is 1.86. The third-order valence-corrected chi connectivity index (χ3v) is 3.94. The summed E-state index contributed by atoms with van der Waals surface area (Å²) < 4.78 is 0. The molecule has 3 N–H and O–H groups in total. The van der Waals surface area contributed by atoms with Crippen molar-refractivity contribution in [3.8, 4) is 0 Å². The number of fused-ring (bicyclic) bond motifs is 1. The molecular weight excluding hydrogens is 272 g/mol. The van der Waals surface area contributed by atoms with Gasteiger partial charge in [-0.05, 0) is 54.7 Å². The summed E-state index contributed by atoms with van der Waals surface area (Å²) in [5.41, 5.74) is 10.0. The summed E-state index contributed by atoms with van der Waals surface area (Å²) in [5, 5.41) is 3.23. The van der Waals surface area contributed by atoms with Gasteiger partial charge in [-0.15, -0.1) is 0 Å². The number of halogens is 1. The van der Waals surface area contributed by atoms with Crippen molar-refractivity contribution in [2.45, 2.75) is 19.3 Å². The molecular formula is C16H15ClN2O. The van der Waals surface area contributed by atoms with Crippen LogP contribution in [0.3, 0.4) is 0 Å². The Morgan fingerprint density at radius 2 is 1.95 bits per heavy atom. The molecule has 0 heterocycles. The summed E-state index contributed by atoms with van der Waals surface area (Å²) in [6, 6.07) is 11.1. The van der Waals surface area contributed by atoms with Crippen molar-refractivity contribution < 1.29 is 4.79 Å². The number of benzene rings is 2. The van der Waals surface area contributed by atoms with E-state index < -0.39 is 0 Å². The number of carbonyl (C=O) groups excluding carboxylic acids is 1. The predicted molar refractivity (Wildman–Crippen MR) is 82.3 cm³/mol. The van der Waals surface area contributed by atoms with Gasteiger partial charge < -0.3 is 11.1 Å². The van der Waals surface area contributed by atoms with Crippen molar-refractivity contribution in [1.29, 1.82) is 0 Å². The molecule has 2 aromatic carbocycles. The van der Waals surface area contributed by atoms with Crippen molar-refractivity contribution in [1.82, 2.24) is 0 Å². The number of carbonyl (C=O) groups is 1. The Kier molecular flexibility index (Phi) is 3.36. The topological polar surface area (TPSA) is 55.1 Å². The van der Waals surface area contributed by atoms with Crippen molar-refractivity contribution in [3.63, 3.8) is 0 Å². The van der Waals surface area contributed by atoms with Crippen LogP contribution in [-0.4, -0.2) is 5.91 Å². The summed E-state index contributed by atoms with van der Waals surface area (Å²) in [4.78, 5) is 12.3. The van der Waals surface area contributed by atoms with Crippen molar-refractivity contribution in [2.75, 3.05) is 11.1 Å². The standard InChI is InChI=1S/C16H15ClN2O/c17-13-5-2-6-14(18)15(13)16(20)19-12-8-7-10-3-1-4-11(10)9-12/h2,5-9H,1,3-4,18H2,(H,19,20). The van der Waals surface area contributed by atoms with E-state index in [4.69, 9.17) is 17.3 Å². The fraction of sp³-hybridized carbons (Fsp3) is 0.188. The fourth-order valence-corrected chi connectivity index (χ4v) is 2.89. The SMILES string of the molecule is Nc1cccc(Cl)c1C(=O)Nc1ccc2c(c1)CCC2. The van der Waals surface area contributed by atoms with E-state index in [0.717, 1.165) is 18.5 Å². The molecule has 0 fully saturated rings. The van der Waals surface area contributed by atoms with Crippen LogP contribution in [0.1, 0.15) is 27.9 Å². The van der Waals surface area contributed by atoms with Crippen LogP contribution in [0, 0.1) is 0 Å². The number of anilines is 2. The second-order valence-electron chi connectivity index (χ2n) is 5.00. The molecule has 0 aromatic heterocycles. The van der Waals surface area contributed by atoms with Crippen LogP contribution in [0.25, 0.3) is 0 Å². The van der Waals surface area contributed by atoms with Gasteiger partial charge in [-0.3, -0.25) is 4.79 Å². The Labute approximate surface area is 122 Å². The van der Waals surface area contributed by atoms with E-state index in [2.05, 4.69) is 11.4 Å². The molecule has 0 atom stereocenters. The average Bonchev–Trinajstić information content (AvgIpc) is 2.85. The lowest BCUT2D eigenvalue weighted by Gasteiger charge is -2.10. The molecule has 0 radical (unpaired) electrons. The molecule has 4 heteroatoms. The van der Waals surface area contributed by atoms with Gasteiger partial charge in [-0.25, -0.2) is 0 Å². The summed E-state index contributed by atoms with van der Waals surface area (Å²) in [6.07, 6.45) is 3.39. The molecule has 1 aliphatic carbocycles. The highest BCUT2D eigenvalue weighted by molar-refractivity contribution is 6.35. The van der Waals surface area contributed by atoms with E-state index >= 15 is 0 Å². The summed E-state index contributed by atoms with van der Waals surface area (Å²) in [6.45, 7) is 0. The quantitative estimate of drug-likeness (QED) is 0.828. The number of nitrogens with one attached hydrogen (secondary N) is 1. The summed E-state index contributed by atoms with van der Waals surface area (Å²) in [5.74, 6) is -0.272. The minimum Gasteiger partial charge on any atom is -0.398 e. The van der Waals surface area contributed by atoms with Gasteiger partial charge in [0.2, 0.25) is 0 Å². The summed E-state index contributed by atoms with van der Waals surface area (Å²) in [7, 11) is 0. The molecule has 0 saturated carbocycles. The van der Waals surface area contributed by atoms with Crippen LogP contribution in [0.4, 0.5) is 11.4 Å². The van der Waals surface area contributed by atoms with Crippen LogP contribution in [-0.2, 0) is 12.8 Å². The molecule has 0 bridgehead atoms. The van der Waals surface area contributed by atoms with Crippen LogP contribution >= 0.6 is 11.6 Å². The Bertz CT molecular complexity index is 662. The monoisotopic (exact) mass is 286 g/mol. The molecule has 2 aromatic rings. The number of hydrogen-bond acceptors (Lipinski definition) is 2. The zero-order valence-corrected chi connectivity index (χ0v) is 11.7. The zero-order chi connectivity index (χ0) is 14.1. The molecule has 0 aliphatic heterocycles. The number of nitrogens with two attached hydrogens (primary N) is 1. The lowest BCUT2D eigenvalue weighted by molar-refractivity contribution is 0.102. The zero-order valence-electron chi connectivity index (χ0n) is 10.9. The molecule has 0 saturated heterocycles. The molecule has 102 valence electrons. The minimum absolute atomic E-state index is 0.272. The number of nitrogen functional groups attached to an aromatic ring is 1. The van der Waals surface area contributed by atoms with Gasteiger partial charge in [0.1, 0.15) is 0 Å². The van der Waals surface area contributed by atoms with Gasteiger partial charge in [0.15, 0.2) is 0 Å². The Hall–Kier alpha value is -2.00. The van der Waals surface area contributed by atoms with E-state index in [0.29, 0.717) is 16.3 Å².